The fraction of sp³-hybridized carbons (Fsp3) is 0.143. The van der Waals surface area contributed by atoms with E-state index >= 15 is 0 Å². The first-order chi connectivity index (χ1) is 9.13. The molecular formula is C14H11ClFNO2. The summed E-state index contributed by atoms with van der Waals surface area (Å²) in [4.78, 5) is 15.5. The van der Waals surface area contributed by atoms with Crippen molar-refractivity contribution >= 4 is 17.6 Å². The van der Waals surface area contributed by atoms with Crippen molar-refractivity contribution in [1.82, 2.24) is 4.98 Å². The van der Waals surface area contributed by atoms with E-state index in [1.165, 1.54) is 24.5 Å². The SMILES string of the molecule is CCOC(=O)c1cncc(-c2cccc(Cl)c2F)c1. The first-order valence-electron chi connectivity index (χ1n) is 5.70. The predicted molar refractivity (Wildman–Crippen MR) is 70.6 cm³/mol. The van der Waals surface area contributed by atoms with Crippen LogP contribution in [-0.2, 0) is 4.74 Å². The lowest BCUT2D eigenvalue weighted by Crippen LogP contribution is -2.05. The molecule has 0 aliphatic rings. The Hall–Kier alpha value is -1.94. The molecule has 1 aromatic carbocycles. The zero-order chi connectivity index (χ0) is 13.8. The zero-order valence-electron chi connectivity index (χ0n) is 10.2. The highest BCUT2D eigenvalue weighted by Gasteiger charge is 2.12. The molecule has 19 heavy (non-hydrogen) atoms. The quantitative estimate of drug-likeness (QED) is 0.804. The second-order valence-corrected chi connectivity index (χ2v) is 4.19. The molecule has 0 saturated carbocycles. The Morgan fingerprint density at radius 2 is 2.21 bits per heavy atom. The summed E-state index contributed by atoms with van der Waals surface area (Å²) in [5, 5.41) is 0.0269. The average Bonchev–Trinajstić information content (AvgIpc) is 2.42. The number of carbonyl (C=O) groups is 1. The first kappa shape index (κ1) is 13.5. The molecule has 0 N–H and O–H groups in total. The van der Waals surface area contributed by atoms with Gasteiger partial charge >= 0.3 is 5.97 Å². The summed E-state index contributed by atoms with van der Waals surface area (Å²) in [6, 6.07) is 6.20. The maximum absolute atomic E-state index is 13.9. The summed E-state index contributed by atoms with van der Waals surface area (Å²) in [7, 11) is 0. The maximum Gasteiger partial charge on any atom is 0.339 e. The van der Waals surface area contributed by atoms with Crippen LogP contribution in [0.2, 0.25) is 5.02 Å². The van der Waals surface area contributed by atoms with Crippen LogP contribution in [0.25, 0.3) is 11.1 Å². The van der Waals surface area contributed by atoms with E-state index in [1.54, 1.807) is 19.1 Å². The molecule has 0 aliphatic carbocycles. The van der Waals surface area contributed by atoms with Crippen LogP contribution in [-0.4, -0.2) is 17.6 Å². The lowest BCUT2D eigenvalue weighted by Gasteiger charge is -2.06. The molecule has 5 heteroatoms. The fourth-order valence-electron chi connectivity index (χ4n) is 1.64. The Morgan fingerprint density at radius 1 is 1.42 bits per heavy atom. The Morgan fingerprint density at radius 3 is 2.95 bits per heavy atom. The molecule has 0 unspecified atom stereocenters. The van der Waals surface area contributed by atoms with Crippen molar-refractivity contribution in [3.63, 3.8) is 0 Å². The number of hydrogen-bond acceptors (Lipinski definition) is 3. The Balaban J connectivity index is 2.43. The predicted octanol–water partition coefficient (Wildman–Crippen LogP) is 3.72. The number of esters is 1. The second-order valence-electron chi connectivity index (χ2n) is 3.78. The number of aromatic nitrogens is 1. The zero-order valence-corrected chi connectivity index (χ0v) is 10.9. The Bertz CT molecular complexity index is 616. The maximum atomic E-state index is 13.9. The van der Waals surface area contributed by atoms with Gasteiger partial charge in [0.2, 0.25) is 0 Å². The van der Waals surface area contributed by atoms with Gasteiger partial charge in [-0.25, -0.2) is 9.18 Å². The minimum absolute atomic E-state index is 0.0269. The van der Waals surface area contributed by atoms with Crippen LogP contribution in [0.1, 0.15) is 17.3 Å². The monoisotopic (exact) mass is 279 g/mol. The number of benzene rings is 1. The molecule has 0 radical (unpaired) electrons. The van der Waals surface area contributed by atoms with E-state index in [1.807, 2.05) is 0 Å². The molecule has 1 aromatic heterocycles. The molecule has 0 aliphatic heterocycles. The first-order valence-corrected chi connectivity index (χ1v) is 6.08. The highest BCUT2D eigenvalue weighted by atomic mass is 35.5. The smallest absolute Gasteiger partial charge is 0.339 e. The van der Waals surface area contributed by atoms with Gasteiger partial charge in [-0.1, -0.05) is 23.7 Å². The highest BCUT2D eigenvalue weighted by Crippen LogP contribution is 2.27. The number of nitrogens with zero attached hydrogens (tertiary/aromatic N) is 1. The van der Waals surface area contributed by atoms with Crippen LogP contribution in [0, 0.1) is 5.82 Å². The molecular weight excluding hydrogens is 269 g/mol. The summed E-state index contributed by atoms with van der Waals surface area (Å²) in [5.41, 5.74) is 1.05. The number of ether oxygens (including phenoxy) is 1. The van der Waals surface area contributed by atoms with Gasteiger partial charge in [0.05, 0.1) is 17.2 Å². The third-order valence-electron chi connectivity index (χ3n) is 2.51. The van der Waals surface area contributed by atoms with Gasteiger partial charge in [-0.3, -0.25) is 4.98 Å². The van der Waals surface area contributed by atoms with E-state index in [4.69, 9.17) is 16.3 Å². The third-order valence-corrected chi connectivity index (χ3v) is 2.80. The van der Waals surface area contributed by atoms with Crippen LogP contribution in [0.5, 0.6) is 0 Å². The fourth-order valence-corrected chi connectivity index (χ4v) is 1.81. The van der Waals surface area contributed by atoms with Gasteiger partial charge in [-0.2, -0.15) is 0 Å². The van der Waals surface area contributed by atoms with E-state index < -0.39 is 11.8 Å². The Kier molecular flexibility index (Phi) is 4.12. The summed E-state index contributed by atoms with van der Waals surface area (Å²) >= 11 is 5.73. The standard InChI is InChI=1S/C14H11ClFNO2/c1-2-19-14(18)10-6-9(7-17-8-10)11-4-3-5-12(15)13(11)16/h3-8H,2H2,1H3. The lowest BCUT2D eigenvalue weighted by molar-refractivity contribution is 0.0526. The molecule has 3 nitrogen and oxygen atoms in total. The van der Waals surface area contributed by atoms with Gasteiger partial charge in [0, 0.05) is 23.5 Å². The molecule has 0 atom stereocenters. The number of rotatable bonds is 3. The number of carbonyl (C=O) groups excluding carboxylic acids is 1. The lowest BCUT2D eigenvalue weighted by atomic mass is 10.1. The molecule has 2 aromatic rings. The van der Waals surface area contributed by atoms with Gasteiger partial charge in [0.25, 0.3) is 0 Å². The van der Waals surface area contributed by atoms with Crippen molar-refractivity contribution in [3.05, 3.63) is 53.1 Å². The van der Waals surface area contributed by atoms with Gasteiger partial charge < -0.3 is 4.74 Å². The van der Waals surface area contributed by atoms with Crippen LogP contribution < -0.4 is 0 Å². The number of pyridine rings is 1. The molecule has 0 saturated heterocycles. The van der Waals surface area contributed by atoms with E-state index in [9.17, 15) is 9.18 Å². The van der Waals surface area contributed by atoms with Crippen molar-refractivity contribution in [1.29, 1.82) is 0 Å². The highest BCUT2D eigenvalue weighted by molar-refractivity contribution is 6.31. The van der Waals surface area contributed by atoms with E-state index in [-0.39, 0.29) is 17.2 Å². The van der Waals surface area contributed by atoms with Crippen molar-refractivity contribution in [2.24, 2.45) is 0 Å². The van der Waals surface area contributed by atoms with Gasteiger partial charge in [-0.05, 0) is 19.1 Å². The normalized spacial score (nSPS) is 10.3. The summed E-state index contributed by atoms with van der Waals surface area (Å²) < 4.78 is 18.8. The van der Waals surface area contributed by atoms with E-state index in [0.29, 0.717) is 11.1 Å². The van der Waals surface area contributed by atoms with Crippen LogP contribution >= 0.6 is 11.6 Å². The summed E-state index contributed by atoms with van der Waals surface area (Å²) in [5.74, 6) is -1.02. The van der Waals surface area contributed by atoms with Crippen LogP contribution in [0.4, 0.5) is 4.39 Å². The minimum atomic E-state index is -0.535. The molecule has 98 valence electrons. The van der Waals surface area contributed by atoms with Crippen molar-refractivity contribution in [3.8, 4) is 11.1 Å². The van der Waals surface area contributed by atoms with Crippen LogP contribution in [0.3, 0.4) is 0 Å². The molecule has 2 rings (SSSR count). The van der Waals surface area contributed by atoms with Crippen molar-refractivity contribution < 1.29 is 13.9 Å². The van der Waals surface area contributed by atoms with Crippen molar-refractivity contribution in [2.75, 3.05) is 6.61 Å². The average molecular weight is 280 g/mol. The number of hydrogen-bond donors (Lipinski definition) is 0. The Labute approximate surface area is 115 Å². The molecule has 0 spiro atoms. The molecule has 1 heterocycles. The molecule has 0 bridgehead atoms. The van der Waals surface area contributed by atoms with Gasteiger partial charge in [-0.15, -0.1) is 0 Å². The van der Waals surface area contributed by atoms with E-state index in [0.717, 1.165) is 0 Å². The number of halogens is 2. The van der Waals surface area contributed by atoms with E-state index in [2.05, 4.69) is 4.98 Å². The largest absolute Gasteiger partial charge is 0.462 e. The second kappa shape index (κ2) is 5.80. The molecule has 0 fully saturated rings. The van der Waals surface area contributed by atoms with Crippen molar-refractivity contribution in [2.45, 2.75) is 6.92 Å². The summed E-state index contributed by atoms with van der Waals surface area (Å²) in [6.07, 6.45) is 2.85. The summed E-state index contributed by atoms with van der Waals surface area (Å²) in [6.45, 7) is 1.99. The third kappa shape index (κ3) is 2.90. The topological polar surface area (TPSA) is 39.2 Å². The minimum Gasteiger partial charge on any atom is -0.462 e. The van der Waals surface area contributed by atoms with Gasteiger partial charge in [0.15, 0.2) is 0 Å². The molecule has 0 amide bonds. The van der Waals surface area contributed by atoms with Crippen LogP contribution in [0.15, 0.2) is 36.7 Å². The van der Waals surface area contributed by atoms with Gasteiger partial charge in [0.1, 0.15) is 5.82 Å².